The van der Waals surface area contributed by atoms with Gasteiger partial charge in [0.2, 0.25) is 0 Å². The minimum absolute atomic E-state index is 0.550. The highest BCUT2D eigenvalue weighted by molar-refractivity contribution is 5.28. The summed E-state index contributed by atoms with van der Waals surface area (Å²) < 4.78 is 0. The second kappa shape index (κ2) is 3.68. The van der Waals surface area contributed by atoms with Crippen LogP contribution in [0, 0.1) is 6.92 Å². The lowest BCUT2D eigenvalue weighted by Gasteiger charge is -2.09. The molecule has 2 N–H and O–H groups in total. The molecule has 0 bridgehead atoms. The zero-order chi connectivity index (χ0) is 9.97. The molecule has 0 saturated heterocycles. The molecule has 0 aliphatic rings. The van der Waals surface area contributed by atoms with Gasteiger partial charge in [0.15, 0.2) is 0 Å². The van der Waals surface area contributed by atoms with E-state index in [1.54, 1.807) is 0 Å². The molecular weight excluding hydrogens is 174 g/mol. The number of hydrogen-bond acceptors (Lipinski definition) is 1. The number of nitrogens with one attached hydrogen (secondary N) is 1. The van der Waals surface area contributed by atoms with E-state index in [4.69, 9.17) is 0 Å². The molecular formula is C12H13NO. The van der Waals surface area contributed by atoms with Gasteiger partial charge < -0.3 is 10.1 Å². The molecule has 72 valence electrons. The SMILES string of the molecule is Cc1ccc(C(O)c2ccc[nH]2)cc1. The van der Waals surface area contributed by atoms with Gasteiger partial charge in [0.1, 0.15) is 6.10 Å². The lowest BCUT2D eigenvalue weighted by molar-refractivity contribution is 0.216. The topological polar surface area (TPSA) is 36.0 Å². The molecule has 0 aliphatic carbocycles. The molecule has 0 aliphatic heterocycles. The minimum atomic E-state index is -0.550. The lowest BCUT2D eigenvalue weighted by Crippen LogP contribution is -1.99. The van der Waals surface area contributed by atoms with Crippen LogP contribution in [0.3, 0.4) is 0 Å². The maximum Gasteiger partial charge on any atom is 0.119 e. The molecule has 2 nitrogen and oxygen atoms in total. The van der Waals surface area contributed by atoms with E-state index in [-0.39, 0.29) is 0 Å². The van der Waals surface area contributed by atoms with Crippen molar-refractivity contribution in [1.29, 1.82) is 0 Å². The van der Waals surface area contributed by atoms with E-state index in [1.807, 2.05) is 49.5 Å². The van der Waals surface area contributed by atoms with Crippen molar-refractivity contribution >= 4 is 0 Å². The fraction of sp³-hybridized carbons (Fsp3) is 0.167. The van der Waals surface area contributed by atoms with E-state index >= 15 is 0 Å². The van der Waals surface area contributed by atoms with E-state index in [1.165, 1.54) is 5.56 Å². The lowest BCUT2D eigenvalue weighted by atomic mass is 10.1. The monoisotopic (exact) mass is 187 g/mol. The number of hydrogen-bond donors (Lipinski definition) is 2. The van der Waals surface area contributed by atoms with Gasteiger partial charge in [-0.25, -0.2) is 0 Å². The molecule has 1 unspecified atom stereocenters. The Labute approximate surface area is 83.2 Å². The largest absolute Gasteiger partial charge is 0.382 e. The zero-order valence-electron chi connectivity index (χ0n) is 8.07. The molecule has 0 radical (unpaired) electrons. The molecule has 1 atom stereocenters. The van der Waals surface area contributed by atoms with Crippen molar-refractivity contribution < 1.29 is 5.11 Å². The van der Waals surface area contributed by atoms with Crippen molar-refractivity contribution in [2.45, 2.75) is 13.0 Å². The van der Waals surface area contributed by atoms with Crippen LogP contribution in [0.2, 0.25) is 0 Å². The molecule has 2 aromatic rings. The Morgan fingerprint density at radius 3 is 2.43 bits per heavy atom. The highest BCUT2D eigenvalue weighted by atomic mass is 16.3. The summed E-state index contributed by atoms with van der Waals surface area (Å²) in [4.78, 5) is 3.00. The van der Waals surface area contributed by atoms with Crippen LogP contribution in [-0.4, -0.2) is 10.1 Å². The average Bonchev–Trinajstić information content (AvgIpc) is 2.71. The average molecular weight is 187 g/mol. The molecule has 0 spiro atoms. The summed E-state index contributed by atoms with van der Waals surface area (Å²) in [5.41, 5.74) is 2.94. The van der Waals surface area contributed by atoms with Gasteiger partial charge in [-0.2, -0.15) is 0 Å². The number of aromatic amines is 1. The van der Waals surface area contributed by atoms with Crippen LogP contribution >= 0.6 is 0 Å². The Kier molecular flexibility index (Phi) is 2.37. The fourth-order valence-electron chi connectivity index (χ4n) is 1.44. The van der Waals surface area contributed by atoms with Gasteiger partial charge in [-0.3, -0.25) is 0 Å². The van der Waals surface area contributed by atoms with Crippen molar-refractivity contribution in [3.05, 3.63) is 59.4 Å². The number of rotatable bonds is 2. The van der Waals surface area contributed by atoms with Gasteiger partial charge in [0.25, 0.3) is 0 Å². The van der Waals surface area contributed by atoms with Crippen LogP contribution in [-0.2, 0) is 0 Å². The third kappa shape index (κ3) is 1.70. The molecule has 1 heterocycles. The van der Waals surface area contributed by atoms with Crippen molar-refractivity contribution in [2.75, 3.05) is 0 Å². The summed E-state index contributed by atoms with van der Waals surface area (Å²) >= 11 is 0. The fourth-order valence-corrected chi connectivity index (χ4v) is 1.44. The third-order valence-corrected chi connectivity index (χ3v) is 2.31. The maximum absolute atomic E-state index is 9.94. The molecule has 0 amide bonds. The first-order valence-electron chi connectivity index (χ1n) is 4.65. The standard InChI is InChI=1S/C12H13NO/c1-9-4-6-10(7-5-9)12(14)11-3-2-8-13-11/h2-8,12-14H,1H3. The molecule has 1 aromatic carbocycles. The predicted octanol–water partition coefficient (Wildman–Crippen LogP) is 2.40. The summed E-state index contributed by atoms with van der Waals surface area (Å²) in [5, 5.41) is 9.94. The maximum atomic E-state index is 9.94. The van der Waals surface area contributed by atoms with Crippen molar-refractivity contribution in [3.8, 4) is 0 Å². The molecule has 0 saturated carbocycles. The quantitative estimate of drug-likeness (QED) is 0.744. The molecule has 2 rings (SSSR count). The molecule has 1 aromatic heterocycles. The predicted molar refractivity (Wildman–Crippen MR) is 56.0 cm³/mol. The minimum Gasteiger partial charge on any atom is -0.382 e. The van der Waals surface area contributed by atoms with Gasteiger partial charge in [-0.05, 0) is 24.6 Å². The number of aromatic nitrogens is 1. The van der Waals surface area contributed by atoms with E-state index in [0.717, 1.165) is 11.3 Å². The smallest absolute Gasteiger partial charge is 0.119 e. The Morgan fingerprint density at radius 2 is 1.86 bits per heavy atom. The van der Waals surface area contributed by atoms with Crippen molar-refractivity contribution in [2.24, 2.45) is 0 Å². The highest BCUT2D eigenvalue weighted by Gasteiger charge is 2.09. The van der Waals surface area contributed by atoms with E-state index in [9.17, 15) is 5.11 Å². The molecule has 14 heavy (non-hydrogen) atoms. The van der Waals surface area contributed by atoms with E-state index in [0.29, 0.717) is 0 Å². The first-order chi connectivity index (χ1) is 6.77. The van der Waals surface area contributed by atoms with Gasteiger partial charge >= 0.3 is 0 Å². The molecule has 0 fully saturated rings. The van der Waals surface area contributed by atoms with Crippen LogP contribution in [0.4, 0.5) is 0 Å². The van der Waals surface area contributed by atoms with Gasteiger partial charge in [0, 0.05) is 11.9 Å². The van der Waals surface area contributed by atoms with Crippen molar-refractivity contribution in [1.82, 2.24) is 4.98 Å². The first-order valence-corrected chi connectivity index (χ1v) is 4.65. The van der Waals surface area contributed by atoms with Gasteiger partial charge in [0.05, 0.1) is 0 Å². The van der Waals surface area contributed by atoms with Gasteiger partial charge in [-0.1, -0.05) is 29.8 Å². The molecule has 2 heteroatoms. The van der Waals surface area contributed by atoms with Gasteiger partial charge in [-0.15, -0.1) is 0 Å². The highest BCUT2D eigenvalue weighted by Crippen LogP contribution is 2.20. The number of aryl methyl sites for hydroxylation is 1. The number of benzene rings is 1. The Balaban J connectivity index is 2.28. The van der Waals surface area contributed by atoms with Crippen LogP contribution in [0.25, 0.3) is 0 Å². The first kappa shape index (κ1) is 9.03. The normalized spacial score (nSPS) is 12.7. The third-order valence-electron chi connectivity index (χ3n) is 2.31. The summed E-state index contributed by atoms with van der Waals surface area (Å²) in [7, 11) is 0. The van der Waals surface area contributed by atoms with E-state index < -0.39 is 6.10 Å². The summed E-state index contributed by atoms with van der Waals surface area (Å²) in [6.45, 7) is 2.03. The summed E-state index contributed by atoms with van der Waals surface area (Å²) in [6.07, 6.45) is 1.26. The Hall–Kier alpha value is -1.54. The Morgan fingerprint density at radius 1 is 1.14 bits per heavy atom. The van der Waals surface area contributed by atoms with E-state index in [2.05, 4.69) is 4.98 Å². The zero-order valence-corrected chi connectivity index (χ0v) is 8.07. The van der Waals surface area contributed by atoms with Crippen LogP contribution < -0.4 is 0 Å². The summed E-state index contributed by atoms with van der Waals surface area (Å²) in [5.74, 6) is 0. The second-order valence-electron chi connectivity index (χ2n) is 3.44. The number of H-pyrrole nitrogens is 1. The van der Waals surface area contributed by atoms with Crippen molar-refractivity contribution in [3.63, 3.8) is 0 Å². The number of aliphatic hydroxyl groups is 1. The van der Waals surface area contributed by atoms with Crippen LogP contribution in [0.15, 0.2) is 42.6 Å². The second-order valence-corrected chi connectivity index (χ2v) is 3.44. The van der Waals surface area contributed by atoms with Crippen LogP contribution in [0.1, 0.15) is 22.9 Å². The summed E-state index contributed by atoms with van der Waals surface area (Å²) in [6, 6.07) is 11.7. The number of aliphatic hydroxyl groups excluding tert-OH is 1. The van der Waals surface area contributed by atoms with Crippen LogP contribution in [0.5, 0.6) is 0 Å². The Bertz CT molecular complexity index is 389.